The molecule has 0 aliphatic heterocycles. The van der Waals surface area contributed by atoms with Gasteiger partial charge < -0.3 is 10.4 Å². The maximum absolute atomic E-state index is 12.2. The van der Waals surface area contributed by atoms with E-state index in [1.165, 1.54) is 0 Å². The van der Waals surface area contributed by atoms with E-state index in [0.717, 1.165) is 44.9 Å². The molecule has 2 N–H and O–H groups in total. The number of rotatable bonds is 8. The van der Waals surface area contributed by atoms with Crippen LogP contribution in [0.3, 0.4) is 0 Å². The van der Waals surface area contributed by atoms with E-state index in [2.05, 4.69) is 12.2 Å². The maximum atomic E-state index is 12.2. The molecule has 1 rings (SSSR count). The Balaban J connectivity index is 2.53. The van der Waals surface area contributed by atoms with E-state index in [-0.39, 0.29) is 11.8 Å². The number of carboxylic acid groups (broad SMARTS) is 1. The molecule has 20 heavy (non-hydrogen) atoms. The highest BCUT2D eigenvalue weighted by molar-refractivity contribution is 5.80. The van der Waals surface area contributed by atoms with Gasteiger partial charge in [-0.1, -0.05) is 46.0 Å². The molecule has 0 aromatic rings. The van der Waals surface area contributed by atoms with Crippen molar-refractivity contribution in [2.45, 2.75) is 71.6 Å². The SMILES string of the molecule is CCCCC(CC)C(=O)NCC1(C(=O)O)CCCCC1. The summed E-state index contributed by atoms with van der Waals surface area (Å²) in [5.74, 6) is -0.685. The van der Waals surface area contributed by atoms with Crippen LogP contribution in [-0.4, -0.2) is 23.5 Å². The molecule has 1 atom stereocenters. The molecular formula is C16H29NO3. The molecule has 0 bridgehead atoms. The fraction of sp³-hybridized carbons (Fsp3) is 0.875. The topological polar surface area (TPSA) is 66.4 Å². The Morgan fingerprint density at radius 1 is 1.20 bits per heavy atom. The Morgan fingerprint density at radius 3 is 2.35 bits per heavy atom. The van der Waals surface area contributed by atoms with Gasteiger partial charge in [0.2, 0.25) is 5.91 Å². The fourth-order valence-corrected chi connectivity index (χ4v) is 3.07. The van der Waals surface area contributed by atoms with Crippen LogP contribution >= 0.6 is 0 Å². The molecule has 0 heterocycles. The first-order valence-corrected chi connectivity index (χ1v) is 8.07. The van der Waals surface area contributed by atoms with Crippen molar-refractivity contribution < 1.29 is 14.7 Å². The van der Waals surface area contributed by atoms with E-state index in [4.69, 9.17) is 0 Å². The first-order chi connectivity index (χ1) is 9.55. The van der Waals surface area contributed by atoms with Gasteiger partial charge in [-0.2, -0.15) is 0 Å². The predicted molar refractivity (Wildman–Crippen MR) is 79.5 cm³/mol. The standard InChI is InChI=1S/C16H29NO3/c1-3-5-9-13(4-2)14(18)17-12-16(15(19)20)10-7-6-8-11-16/h13H,3-12H2,1-2H3,(H,17,18)(H,19,20). The molecule has 0 saturated heterocycles. The van der Waals surface area contributed by atoms with E-state index in [0.29, 0.717) is 19.4 Å². The highest BCUT2D eigenvalue weighted by Crippen LogP contribution is 2.36. The first kappa shape index (κ1) is 17.0. The first-order valence-electron chi connectivity index (χ1n) is 8.07. The molecule has 0 radical (unpaired) electrons. The molecule has 1 unspecified atom stereocenters. The minimum absolute atomic E-state index is 0.0318. The zero-order valence-corrected chi connectivity index (χ0v) is 12.9. The van der Waals surface area contributed by atoms with Gasteiger partial charge in [0, 0.05) is 12.5 Å². The van der Waals surface area contributed by atoms with Crippen LogP contribution in [0.2, 0.25) is 0 Å². The molecule has 0 aromatic heterocycles. The summed E-state index contributed by atoms with van der Waals surface area (Å²) in [5, 5.41) is 12.4. The number of carbonyl (C=O) groups excluding carboxylic acids is 1. The molecule has 4 nitrogen and oxygen atoms in total. The summed E-state index contributed by atoms with van der Waals surface area (Å²) in [4.78, 5) is 23.7. The number of hydrogen-bond donors (Lipinski definition) is 2. The summed E-state index contributed by atoms with van der Waals surface area (Å²) in [5.41, 5.74) is -0.725. The minimum Gasteiger partial charge on any atom is -0.481 e. The maximum Gasteiger partial charge on any atom is 0.311 e. The minimum atomic E-state index is -0.751. The normalized spacial score (nSPS) is 19.3. The average molecular weight is 283 g/mol. The lowest BCUT2D eigenvalue weighted by Gasteiger charge is -2.33. The van der Waals surface area contributed by atoms with Crippen molar-refractivity contribution in [3.63, 3.8) is 0 Å². The highest BCUT2D eigenvalue weighted by Gasteiger charge is 2.40. The molecule has 1 fully saturated rings. The number of nitrogens with one attached hydrogen (secondary N) is 1. The number of amides is 1. The second-order valence-corrected chi connectivity index (χ2v) is 6.11. The molecule has 0 aromatic carbocycles. The van der Waals surface area contributed by atoms with Crippen molar-refractivity contribution in [2.75, 3.05) is 6.54 Å². The molecule has 4 heteroatoms. The zero-order valence-electron chi connectivity index (χ0n) is 12.9. The summed E-state index contributed by atoms with van der Waals surface area (Å²) in [6, 6.07) is 0. The van der Waals surface area contributed by atoms with Crippen molar-refractivity contribution in [2.24, 2.45) is 11.3 Å². The van der Waals surface area contributed by atoms with Crippen LogP contribution in [0.15, 0.2) is 0 Å². The lowest BCUT2D eigenvalue weighted by molar-refractivity contribution is -0.151. The van der Waals surface area contributed by atoms with Gasteiger partial charge in [-0.05, 0) is 25.7 Å². The largest absolute Gasteiger partial charge is 0.481 e. The molecule has 1 saturated carbocycles. The number of carbonyl (C=O) groups is 2. The van der Waals surface area contributed by atoms with E-state index < -0.39 is 11.4 Å². The number of aliphatic carboxylic acids is 1. The lowest BCUT2D eigenvalue weighted by atomic mass is 9.74. The number of carboxylic acids is 1. The van der Waals surface area contributed by atoms with Crippen molar-refractivity contribution >= 4 is 11.9 Å². The van der Waals surface area contributed by atoms with Crippen molar-refractivity contribution in [1.82, 2.24) is 5.32 Å². The predicted octanol–water partition coefficient (Wildman–Crippen LogP) is 3.35. The number of unbranched alkanes of at least 4 members (excludes halogenated alkanes) is 1. The van der Waals surface area contributed by atoms with Gasteiger partial charge in [-0.3, -0.25) is 9.59 Å². The van der Waals surface area contributed by atoms with Crippen LogP contribution in [-0.2, 0) is 9.59 Å². The lowest BCUT2D eigenvalue weighted by Crippen LogP contribution is -2.45. The van der Waals surface area contributed by atoms with E-state index in [1.54, 1.807) is 0 Å². The van der Waals surface area contributed by atoms with E-state index in [1.807, 2.05) is 6.92 Å². The van der Waals surface area contributed by atoms with E-state index >= 15 is 0 Å². The highest BCUT2D eigenvalue weighted by atomic mass is 16.4. The van der Waals surface area contributed by atoms with Crippen LogP contribution in [0, 0.1) is 11.3 Å². The smallest absolute Gasteiger partial charge is 0.311 e. The Morgan fingerprint density at radius 2 is 1.85 bits per heavy atom. The monoisotopic (exact) mass is 283 g/mol. The van der Waals surface area contributed by atoms with Gasteiger partial charge in [0.15, 0.2) is 0 Å². The second kappa shape index (κ2) is 8.28. The molecule has 1 aliphatic rings. The summed E-state index contributed by atoms with van der Waals surface area (Å²) < 4.78 is 0. The summed E-state index contributed by atoms with van der Waals surface area (Å²) in [6.07, 6.45) is 8.26. The van der Waals surface area contributed by atoms with Gasteiger partial charge in [-0.15, -0.1) is 0 Å². The summed E-state index contributed by atoms with van der Waals surface area (Å²) in [7, 11) is 0. The summed E-state index contributed by atoms with van der Waals surface area (Å²) in [6.45, 7) is 4.43. The third kappa shape index (κ3) is 4.50. The van der Waals surface area contributed by atoms with Crippen molar-refractivity contribution in [3.05, 3.63) is 0 Å². The van der Waals surface area contributed by atoms with Crippen LogP contribution in [0.5, 0.6) is 0 Å². The van der Waals surface area contributed by atoms with Gasteiger partial charge >= 0.3 is 5.97 Å². The molecular weight excluding hydrogens is 254 g/mol. The fourth-order valence-electron chi connectivity index (χ4n) is 3.07. The molecule has 116 valence electrons. The Hall–Kier alpha value is -1.06. The Kier molecular flexibility index (Phi) is 7.03. The third-order valence-electron chi connectivity index (χ3n) is 4.64. The van der Waals surface area contributed by atoms with Gasteiger partial charge in [0.05, 0.1) is 5.41 Å². The Bertz CT molecular complexity index is 322. The van der Waals surface area contributed by atoms with Crippen LogP contribution < -0.4 is 5.32 Å². The van der Waals surface area contributed by atoms with Gasteiger partial charge in [-0.25, -0.2) is 0 Å². The summed E-state index contributed by atoms with van der Waals surface area (Å²) >= 11 is 0. The van der Waals surface area contributed by atoms with Crippen LogP contribution in [0.4, 0.5) is 0 Å². The third-order valence-corrected chi connectivity index (χ3v) is 4.64. The zero-order chi connectivity index (χ0) is 15.0. The quantitative estimate of drug-likeness (QED) is 0.718. The van der Waals surface area contributed by atoms with Crippen molar-refractivity contribution in [3.8, 4) is 0 Å². The Labute approximate surface area is 122 Å². The van der Waals surface area contributed by atoms with Gasteiger partial charge in [0.1, 0.15) is 0 Å². The molecule has 0 spiro atoms. The molecule has 1 aliphatic carbocycles. The molecule has 1 amide bonds. The average Bonchev–Trinajstić information content (AvgIpc) is 2.46. The van der Waals surface area contributed by atoms with Crippen LogP contribution in [0.1, 0.15) is 71.6 Å². The van der Waals surface area contributed by atoms with Crippen molar-refractivity contribution in [1.29, 1.82) is 0 Å². The van der Waals surface area contributed by atoms with Gasteiger partial charge in [0.25, 0.3) is 0 Å². The number of hydrogen-bond acceptors (Lipinski definition) is 2. The second-order valence-electron chi connectivity index (χ2n) is 6.11. The van der Waals surface area contributed by atoms with E-state index in [9.17, 15) is 14.7 Å². The van der Waals surface area contributed by atoms with Crippen LogP contribution in [0.25, 0.3) is 0 Å².